The topological polar surface area (TPSA) is 87.6 Å². The number of halogens is 1. The summed E-state index contributed by atoms with van der Waals surface area (Å²) < 4.78 is 27.0. The summed E-state index contributed by atoms with van der Waals surface area (Å²) in [5, 5.41) is 9.14. The second-order valence-corrected chi connectivity index (χ2v) is 8.38. The molecule has 1 N–H and O–H groups in total. The van der Waals surface area contributed by atoms with Gasteiger partial charge in [-0.25, -0.2) is 13.2 Å². The molecule has 0 saturated carbocycles. The summed E-state index contributed by atoms with van der Waals surface area (Å²) in [7, 11) is -3.74. The zero-order valence-corrected chi connectivity index (χ0v) is 14.9. The van der Waals surface area contributed by atoms with E-state index in [0.29, 0.717) is 13.1 Å². The molecule has 2 aromatic rings. The lowest BCUT2D eigenvalue weighted by atomic mass is 10.0. The number of sulfonamides is 1. The van der Waals surface area contributed by atoms with Gasteiger partial charge < -0.3 is 5.11 Å². The van der Waals surface area contributed by atoms with Crippen LogP contribution in [0.2, 0.25) is 5.02 Å². The van der Waals surface area contributed by atoms with Gasteiger partial charge in [0.1, 0.15) is 0 Å². The number of carboxylic acid groups (broad SMARTS) is 1. The van der Waals surface area contributed by atoms with Crippen LogP contribution in [0, 0.1) is 5.92 Å². The molecule has 25 heavy (non-hydrogen) atoms. The van der Waals surface area contributed by atoms with Gasteiger partial charge in [-0.2, -0.15) is 4.31 Å². The first kappa shape index (κ1) is 17.8. The second kappa shape index (κ2) is 7.11. The van der Waals surface area contributed by atoms with Crippen molar-refractivity contribution in [1.82, 2.24) is 9.29 Å². The molecule has 132 valence electrons. The first-order valence-electron chi connectivity index (χ1n) is 7.80. The Kier molecular flexibility index (Phi) is 5.08. The minimum Gasteiger partial charge on any atom is -0.478 e. The smallest absolute Gasteiger partial charge is 0.337 e. The van der Waals surface area contributed by atoms with Crippen molar-refractivity contribution in [2.24, 2.45) is 5.92 Å². The molecule has 1 atom stereocenters. The molecular weight excluding hydrogens is 364 g/mol. The van der Waals surface area contributed by atoms with E-state index in [-0.39, 0.29) is 21.4 Å². The van der Waals surface area contributed by atoms with Crippen LogP contribution in [-0.2, 0) is 16.4 Å². The van der Waals surface area contributed by atoms with Crippen molar-refractivity contribution in [3.8, 4) is 0 Å². The van der Waals surface area contributed by atoms with Crippen LogP contribution in [0.5, 0.6) is 0 Å². The number of hydrogen-bond donors (Lipinski definition) is 1. The summed E-state index contributed by atoms with van der Waals surface area (Å²) in [6.45, 7) is 0.820. The fourth-order valence-corrected chi connectivity index (χ4v) is 4.77. The molecule has 1 unspecified atom stereocenters. The molecule has 0 aliphatic carbocycles. The van der Waals surface area contributed by atoms with E-state index < -0.39 is 16.0 Å². The average Bonchev–Trinajstić information content (AvgIpc) is 3.05. The Labute approximate surface area is 151 Å². The normalized spacial score (nSPS) is 18.4. The van der Waals surface area contributed by atoms with E-state index in [0.717, 1.165) is 24.5 Å². The number of benzene rings is 1. The molecule has 1 aliphatic heterocycles. The third-order valence-corrected chi connectivity index (χ3v) is 6.49. The van der Waals surface area contributed by atoms with Crippen molar-refractivity contribution >= 4 is 27.6 Å². The summed E-state index contributed by atoms with van der Waals surface area (Å²) in [6, 6.07) is 7.61. The predicted octanol–water partition coefficient (Wildman–Crippen LogP) is 2.69. The molecule has 3 rings (SSSR count). The SMILES string of the molecule is O=C(O)c1cc(S(=O)(=O)N2CCC(Cc3cccnc3)C2)ccc1Cl. The van der Waals surface area contributed by atoms with E-state index in [4.69, 9.17) is 16.7 Å². The lowest BCUT2D eigenvalue weighted by molar-refractivity contribution is 0.0697. The Morgan fingerprint density at radius 3 is 2.84 bits per heavy atom. The molecule has 1 fully saturated rings. The van der Waals surface area contributed by atoms with Gasteiger partial charge in [0.15, 0.2) is 0 Å². The number of nitrogens with zero attached hydrogens (tertiary/aromatic N) is 2. The second-order valence-electron chi connectivity index (χ2n) is 6.03. The van der Waals surface area contributed by atoms with Crippen molar-refractivity contribution in [2.45, 2.75) is 17.7 Å². The van der Waals surface area contributed by atoms with Crippen molar-refractivity contribution in [3.05, 3.63) is 58.9 Å². The molecule has 0 amide bonds. The fourth-order valence-electron chi connectivity index (χ4n) is 3.01. The van der Waals surface area contributed by atoms with Crippen LogP contribution in [0.4, 0.5) is 0 Å². The molecule has 0 spiro atoms. The first-order valence-corrected chi connectivity index (χ1v) is 9.61. The largest absolute Gasteiger partial charge is 0.478 e. The molecule has 1 aromatic carbocycles. The molecular formula is C17H17ClN2O4S. The summed E-state index contributed by atoms with van der Waals surface area (Å²) in [6.07, 6.45) is 5.01. The Morgan fingerprint density at radius 2 is 2.16 bits per heavy atom. The first-order chi connectivity index (χ1) is 11.9. The van der Waals surface area contributed by atoms with Crippen LogP contribution in [0.15, 0.2) is 47.6 Å². The van der Waals surface area contributed by atoms with E-state index in [1.807, 2.05) is 12.1 Å². The Hall–Kier alpha value is -1.96. The van der Waals surface area contributed by atoms with Gasteiger partial charge in [0.05, 0.1) is 15.5 Å². The number of pyridine rings is 1. The zero-order chi connectivity index (χ0) is 18.0. The van der Waals surface area contributed by atoms with Crippen LogP contribution < -0.4 is 0 Å². The van der Waals surface area contributed by atoms with E-state index in [2.05, 4.69) is 4.98 Å². The molecule has 1 aromatic heterocycles. The molecule has 8 heteroatoms. The number of carbonyl (C=O) groups is 1. The quantitative estimate of drug-likeness (QED) is 0.861. The summed E-state index contributed by atoms with van der Waals surface area (Å²) in [5.74, 6) is -1.04. The van der Waals surface area contributed by atoms with Crippen molar-refractivity contribution < 1.29 is 18.3 Å². The third-order valence-electron chi connectivity index (χ3n) is 4.30. The number of aromatic nitrogens is 1. The fraction of sp³-hybridized carbons (Fsp3) is 0.294. The minimum atomic E-state index is -3.74. The van der Waals surface area contributed by atoms with E-state index >= 15 is 0 Å². The predicted molar refractivity (Wildman–Crippen MR) is 93.2 cm³/mol. The molecule has 1 saturated heterocycles. The maximum atomic E-state index is 12.8. The van der Waals surface area contributed by atoms with Crippen LogP contribution >= 0.6 is 11.6 Å². The van der Waals surface area contributed by atoms with Crippen LogP contribution in [-0.4, -0.2) is 41.9 Å². The Morgan fingerprint density at radius 1 is 1.36 bits per heavy atom. The average molecular weight is 381 g/mol. The highest BCUT2D eigenvalue weighted by atomic mass is 35.5. The van der Waals surface area contributed by atoms with Crippen molar-refractivity contribution in [3.63, 3.8) is 0 Å². The Balaban J connectivity index is 1.77. The maximum absolute atomic E-state index is 12.8. The Bertz CT molecular complexity index is 887. The number of hydrogen-bond acceptors (Lipinski definition) is 4. The number of aromatic carboxylic acids is 1. The van der Waals surface area contributed by atoms with E-state index in [9.17, 15) is 13.2 Å². The molecule has 2 heterocycles. The lowest BCUT2D eigenvalue weighted by Crippen LogP contribution is -2.29. The van der Waals surface area contributed by atoms with Gasteiger partial charge in [0.2, 0.25) is 10.0 Å². The zero-order valence-electron chi connectivity index (χ0n) is 13.3. The molecule has 1 aliphatic rings. The summed E-state index contributed by atoms with van der Waals surface area (Å²) >= 11 is 5.82. The highest BCUT2D eigenvalue weighted by Gasteiger charge is 2.33. The van der Waals surface area contributed by atoms with Crippen LogP contribution in [0.3, 0.4) is 0 Å². The van der Waals surface area contributed by atoms with Gasteiger partial charge in [-0.05, 0) is 48.6 Å². The summed E-state index contributed by atoms with van der Waals surface area (Å²) in [5.41, 5.74) is 0.861. The molecule has 6 nitrogen and oxygen atoms in total. The van der Waals surface area contributed by atoms with Gasteiger partial charge in [-0.1, -0.05) is 17.7 Å². The standard InChI is InChI=1S/C17H17ClN2O4S/c18-16-4-3-14(9-15(16)17(21)22)25(23,24)20-7-5-13(11-20)8-12-2-1-6-19-10-12/h1-4,6,9-10,13H,5,7-8,11H2,(H,21,22). The van der Waals surface area contributed by atoms with E-state index in [1.54, 1.807) is 12.4 Å². The molecule has 0 bridgehead atoms. The third kappa shape index (κ3) is 3.84. The van der Waals surface area contributed by atoms with Gasteiger partial charge in [-0.3, -0.25) is 4.98 Å². The van der Waals surface area contributed by atoms with Crippen LogP contribution in [0.25, 0.3) is 0 Å². The number of rotatable bonds is 5. The highest BCUT2D eigenvalue weighted by Crippen LogP contribution is 2.28. The number of carboxylic acids is 1. The van der Waals surface area contributed by atoms with Gasteiger partial charge in [0, 0.05) is 25.5 Å². The van der Waals surface area contributed by atoms with Gasteiger partial charge in [-0.15, -0.1) is 0 Å². The van der Waals surface area contributed by atoms with Crippen molar-refractivity contribution in [2.75, 3.05) is 13.1 Å². The minimum absolute atomic E-state index is 0.0160. The lowest BCUT2D eigenvalue weighted by Gasteiger charge is -2.17. The van der Waals surface area contributed by atoms with Crippen molar-refractivity contribution in [1.29, 1.82) is 0 Å². The van der Waals surface area contributed by atoms with Crippen LogP contribution in [0.1, 0.15) is 22.3 Å². The van der Waals surface area contributed by atoms with Gasteiger partial charge >= 0.3 is 5.97 Å². The van der Waals surface area contributed by atoms with E-state index in [1.165, 1.54) is 16.4 Å². The summed E-state index contributed by atoms with van der Waals surface area (Å²) in [4.78, 5) is 15.2. The van der Waals surface area contributed by atoms with Gasteiger partial charge in [0.25, 0.3) is 0 Å². The monoisotopic (exact) mass is 380 g/mol. The molecule has 0 radical (unpaired) electrons. The highest BCUT2D eigenvalue weighted by molar-refractivity contribution is 7.89. The maximum Gasteiger partial charge on any atom is 0.337 e.